The lowest BCUT2D eigenvalue weighted by Gasteiger charge is -2.23. The summed E-state index contributed by atoms with van der Waals surface area (Å²) in [6.07, 6.45) is 0. The Labute approximate surface area is 302 Å². The summed E-state index contributed by atoms with van der Waals surface area (Å²) in [5.74, 6) is 0. The molecule has 0 nitrogen and oxygen atoms in total. The van der Waals surface area contributed by atoms with Gasteiger partial charge in [0.1, 0.15) is 0 Å². The van der Waals surface area contributed by atoms with Gasteiger partial charge in [0.25, 0.3) is 0 Å². The summed E-state index contributed by atoms with van der Waals surface area (Å²) in [4.78, 5) is 0. The quantitative estimate of drug-likeness (QED) is 0.131. The van der Waals surface area contributed by atoms with Crippen LogP contribution < -0.4 is 0 Å². The second-order valence-electron chi connectivity index (χ2n) is 14.0. The largest absolute Gasteiger partial charge is 0.0622 e. The first-order valence-corrected chi connectivity index (χ1v) is 18.1. The molecule has 0 fully saturated rings. The molecular weight excluding hydrogens is 625 g/mol. The van der Waals surface area contributed by atoms with Crippen LogP contribution in [0.3, 0.4) is 0 Å². The van der Waals surface area contributed by atoms with Crippen LogP contribution in [0.1, 0.15) is 0 Å². The van der Waals surface area contributed by atoms with Gasteiger partial charge in [0, 0.05) is 0 Å². The minimum absolute atomic E-state index is 1.21. The minimum atomic E-state index is 1.21. The molecule has 0 spiro atoms. The molecule has 0 heterocycles. The van der Waals surface area contributed by atoms with Crippen LogP contribution >= 0.6 is 0 Å². The van der Waals surface area contributed by atoms with E-state index in [-0.39, 0.29) is 0 Å². The van der Waals surface area contributed by atoms with Gasteiger partial charge in [-0.15, -0.1) is 0 Å². The lowest BCUT2D eigenvalue weighted by atomic mass is 9.79. The summed E-state index contributed by atoms with van der Waals surface area (Å²) < 4.78 is 0. The van der Waals surface area contributed by atoms with Crippen LogP contribution in [0.2, 0.25) is 0 Å². The Morgan fingerprint density at radius 1 is 0.212 bits per heavy atom. The molecule has 0 aromatic heterocycles. The van der Waals surface area contributed by atoms with E-state index in [0.29, 0.717) is 0 Å². The summed E-state index contributed by atoms with van der Waals surface area (Å²) in [5.41, 5.74) is 15.2. The van der Waals surface area contributed by atoms with Gasteiger partial charge in [0.05, 0.1) is 0 Å². The van der Waals surface area contributed by atoms with Crippen molar-refractivity contribution in [3.63, 3.8) is 0 Å². The third kappa shape index (κ3) is 4.28. The van der Waals surface area contributed by atoms with Crippen molar-refractivity contribution in [2.75, 3.05) is 0 Å². The number of benzene rings is 10. The second kappa shape index (κ2) is 11.4. The predicted molar refractivity (Wildman–Crippen MR) is 223 cm³/mol. The molecule has 0 heteroatoms. The smallest absolute Gasteiger partial charge is 0.000696 e. The molecule has 0 aliphatic heterocycles. The number of fused-ring (bicyclic) bond motifs is 7. The van der Waals surface area contributed by atoms with E-state index in [1.807, 2.05) is 0 Å². The van der Waals surface area contributed by atoms with Crippen molar-refractivity contribution in [1.29, 1.82) is 0 Å². The highest BCUT2D eigenvalue weighted by Crippen LogP contribution is 2.59. The van der Waals surface area contributed by atoms with E-state index in [1.54, 1.807) is 0 Å². The highest BCUT2D eigenvalue weighted by Gasteiger charge is 2.32. The van der Waals surface area contributed by atoms with E-state index in [4.69, 9.17) is 0 Å². The minimum Gasteiger partial charge on any atom is -0.0622 e. The first-order chi connectivity index (χ1) is 25.8. The molecule has 1 aliphatic carbocycles. The topological polar surface area (TPSA) is 0 Å². The Balaban J connectivity index is 1.40. The number of rotatable bonds is 4. The Bertz CT molecular complexity index is 3030. The maximum Gasteiger partial charge on any atom is -0.000696 e. The zero-order chi connectivity index (χ0) is 34.2. The Morgan fingerprint density at radius 3 is 1.48 bits per heavy atom. The Morgan fingerprint density at radius 2 is 0.769 bits per heavy atom. The van der Waals surface area contributed by atoms with Crippen molar-refractivity contribution < 1.29 is 0 Å². The van der Waals surface area contributed by atoms with Gasteiger partial charge in [0.15, 0.2) is 0 Å². The summed E-state index contributed by atoms with van der Waals surface area (Å²) in [5, 5.41) is 10.3. The second-order valence-corrected chi connectivity index (χ2v) is 14.0. The lowest BCUT2D eigenvalue weighted by molar-refractivity contribution is 1.57. The van der Waals surface area contributed by atoms with Gasteiger partial charge in [-0.1, -0.05) is 170 Å². The van der Waals surface area contributed by atoms with E-state index >= 15 is 0 Å². The standard InChI is InChI=1S/C52H32/c1-4-15-33(16-5-1)38-27-28-41(34-17-6-2-7-18-34)44(31-38)50-46-30-37-22-11-10-21-36(37)29-45(46)48(35-19-8-3-9-20-35)51-43-26-14-25-42-40-24-13-12-23-39(40)32-47(49(42)43)52(50)51/h1-32H. The van der Waals surface area contributed by atoms with Crippen LogP contribution in [0.25, 0.3) is 110 Å². The Kier molecular flexibility index (Phi) is 6.35. The monoisotopic (exact) mass is 656 g/mol. The van der Waals surface area contributed by atoms with E-state index in [1.165, 1.54) is 110 Å². The molecule has 0 unspecified atom stereocenters. The normalized spacial score (nSPS) is 11.8. The van der Waals surface area contributed by atoms with Crippen molar-refractivity contribution in [1.82, 2.24) is 0 Å². The average molecular weight is 657 g/mol. The van der Waals surface area contributed by atoms with Gasteiger partial charge in [-0.2, -0.15) is 0 Å². The van der Waals surface area contributed by atoms with Crippen LogP contribution in [0, 0.1) is 0 Å². The summed E-state index contributed by atoms with van der Waals surface area (Å²) in [6.45, 7) is 0. The zero-order valence-electron chi connectivity index (χ0n) is 28.5. The molecule has 0 amide bonds. The summed E-state index contributed by atoms with van der Waals surface area (Å²) in [7, 11) is 0. The van der Waals surface area contributed by atoms with Crippen LogP contribution in [-0.4, -0.2) is 0 Å². The molecule has 1 aliphatic rings. The molecule has 0 N–H and O–H groups in total. The SMILES string of the molecule is c1ccc(-c2ccc(-c3ccccc3)c(-c3c4c(c(-c5ccccc5)c5cc6ccccc6cc35)-c3cccc5c3c-4cc3ccccc35)c2)cc1. The van der Waals surface area contributed by atoms with Gasteiger partial charge < -0.3 is 0 Å². The van der Waals surface area contributed by atoms with Crippen molar-refractivity contribution in [3.8, 4) is 66.8 Å². The fourth-order valence-electron chi connectivity index (χ4n) is 8.90. The van der Waals surface area contributed by atoms with Crippen LogP contribution in [0.4, 0.5) is 0 Å². The molecule has 0 saturated heterocycles. The van der Waals surface area contributed by atoms with Gasteiger partial charge in [0.2, 0.25) is 0 Å². The predicted octanol–water partition coefficient (Wildman–Crippen LogP) is 14.6. The zero-order valence-corrected chi connectivity index (χ0v) is 28.5. The molecule has 0 atom stereocenters. The van der Waals surface area contributed by atoms with E-state index in [0.717, 1.165) is 0 Å². The van der Waals surface area contributed by atoms with Gasteiger partial charge in [-0.25, -0.2) is 0 Å². The molecule has 0 saturated carbocycles. The molecular formula is C52H32. The molecule has 240 valence electrons. The number of hydrogen-bond acceptors (Lipinski definition) is 0. The molecule has 0 radical (unpaired) electrons. The van der Waals surface area contributed by atoms with Gasteiger partial charge >= 0.3 is 0 Å². The van der Waals surface area contributed by atoms with Crippen LogP contribution in [0.5, 0.6) is 0 Å². The van der Waals surface area contributed by atoms with E-state index in [9.17, 15) is 0 Å². The van der Waals surface area contributed by atoms with Crippen molar-refractivity contribution in [3.05, 3.63) is 194 Å². The van der Waals surface area contributed by atoms with Crippen molar-refractivity contribution in [2.24, 2.45) is 0 Å². The fraction of sp³-hybridized carbons (Fsp3) is 0. The first kappa shape index (κ1) is 29.0. The molecule has 10 aromatic carbocycles. The fourth-order valence-corrected chi connectivity index (χ4v) is 8.90. The van der Waals surface area contributed by atoms with E-state index < -0.39 is 0 Å². The molecule has 10 aromatic rings. The molecule has 0 bridgehead atoms. The van der Waals surface area contributed by atoms with Crippen LogP contribution in [0.15, 0.2) is 194 Å². The van der Waals surface area contributed by atoms with Crippen molar-refractivity contribution in [2.45, 2.75) is 0 Å². The average Bonchev–Trinajstić information content (AvgIpc) is 3.54. The summed E-state index contributed by atoms with van der Waals surface area (Å²) >= 11 is 0. The lowest BCUT2D eigenvalue weighted by Crippen LogP contribution is -1.96. The molecule has 52 heavy (non-hydrogen) atoms. The highest BCUT2D eigenvalue weighted by atomic mass is 14.3. The third-order valence-corrected chi connectivity index (χ3v) is 11.1. The van der Waals surface area contributed by atoms with Crippen molar-refractivity contribution >= 4 is 43.1 Å². The maximum absolute atomic E-state index is 2.46. The molecule has 11 rings (SSSR count). The van der Waals surface area contributed by atoms with Gasteiger partial charge in [-0.05, 0) is 134 Å². The Hall–Kier alpha value is -6.76. The number of hydrogen-bond donors (Lipinski definition) is 0. The van der Waals surface area contributed by atoms with Crippen LogP contribution in [-0.2, 0) is 0 Å². The van der Waals surface area contributed by atoms with E-state index in [2.05, 4.69) is 194 Å². The highest BCUT2D eigenvalue weighted by molar-refractivity contribution is 6.32. The third-order valence-electron chi connectivity index (χ3n) is 11.1. The first-order valence-electron chi connectivity index (χ1n) is 18.1. The summed E-state index contributed by atoms with van der Waals surface area (Å²) in [6, 6.07) is 71.9. The maximum atomic E-state index is 2.46. The van der Waals surface area contributed by atoms with Gasteiger partial charge in [-0.3, -0.25) is 0 Å².